The van der Waals surface area contributed by atoms with Crippen molar-refractivity contribution in [1.82, 2.24) is 15.0 Å². The first-order valence-corrected chi connectivity index (χ1v) is 17.1. The SMILES string of the molecule is c1ccc(-c2ccc(-c3nc(-c4ccc(-c5ccccc5)cc4)nc(-c4cc5ccc6ccccc6c5c5oc6ccccc6c45)n3)cc2)cc1. The normalized spacial score (nSPS) is 11.5. The second-order valence-electron chi connectivity index (χ2n) is 12.8. The van der Waals surface area contributed by atoms with Gasteiger partial charge in [0.2, 0.25) is 0 Å². The molecule has 10 aromatic rings. The number of aromatic nitrogens is 3. The molecule has 4 heteroatoms. The lowest BCUT2D eigenvalue weighted by molar-refractivity contribution is 0.673. The molecule has 0 fully saturated rings. The number of hydrogen-bond acceptors (Lipinski definition) is 4. The van der Waals surface area contributed by atoms with Crippen molar-refractivity contribution in [3.05, 3.63) is 176 Å². The van der Waals surface area contributed by atoms with Crippen molar-refractivity contribution in [2.24, 2.45) is 0 Å². The average molecular weight is 652 g/mol. The highest BCUT2D eigenvalue weighted by Gasteiger charge is 2.21. The summed E-state index contributed by atoms with van der Waals surface area (Å²) in [5.41, 5.74) is 9.01. The summed E-state index contributed by atoms with van der Waals surface area (Å²) in [5.74, 6) is 1.82. The highest BCUT2D eigenvalue weighted by Crippen LogP contribution is 2.43. The van der Waals surface area contributed by atoms with Gasteiger partial charge in [-0.25, -0.2) is 15.0 Å². The minimum absolute atomic E-state index is 0.598. The van der Waals surface area contributed by atoms with Crippen LogP contribution >= 0.6 is 0 Å². The summed E-state index contributed by atoms with van der Waals surface area (Å²) in [6.07, 6.45) is 0. The van der Waals surface area contributed by atoms with Gasteiger partial charge in [0.05, 0.1) is 0 Å². The Morgan fingerprint density at radius 3 is 1.43 bits per heavy atom. The topological polar surface area (TPSA) is 51.8 Å². The Morgan fingerprint density at radius 2 is 0.804 bits per heavy atom. The van der Waals surface area contributed by atoms with E-state index in [-0.39, 0.29) is 0 Å². The fourth-order valence-corrected chi connectivity index (χ4v) is 7.19. The summed E-state index contributed by atoms with van der Waals surface area (Å²) < 4.78 is 6.70. The zero-order chi connectivity index (χ0) is 33.7. The van der Waals surface area contributed by atoms with Crippen molar-refractivity contribution in [2.45, 2.75) is 0 Å². The fraction of sp³-hybridized carbons (Fsp3) is 0. The van der Waals surface area contributed by atoms with E-state index in [1.165, 1.54) is 5.39 Å². The van der Waals surface area contributed by atoms with Gasteiger partial charge in [0.1, 0.15) is 11.2 Å². The number of fused-ring (bicyclic) bond motifs is 7. The van der Waals surface area contributed by atoms with E-state index in [1.54, 1.807) is 0 Å². The van der Waals surface area contributed by atoms with Crippen molar-refractivity contribution in [2.75, 3.05) is 0 Å². The first-order valence-electron chi connectivity index (χ1n) is 17.1. The van der Waals surface area contributed by atoms with Crippen molar-refractivity contribution in [1.29, 1.82) is 0 Å². The van der Waals surface area contributed by atoms with Crippen LogP contribution in [0.3, 0.4) is 0 Å². The molecule has 10 rings (SSSR count). The van der Waals surface area contributed by atoms with Gasteiger partial charge in [0.15, 0.2) is 17.5 Å². The van der Waals surface area contributed by atoms with E-state index in [0.717, 1.165) is 77.0 Å². The minimum Gasteiger partial charge on any atom is -0.455 e. The number of benzene rings is 8. The molecule has 0 saturated carbocycles. The van der Waals surface area contributed by atoms with Crippen LogP contribution in [0.5, 0.6) is 0 Å². The first-order chi connectivity index (χ1) is 25.3. The van der Waals surface area contributed by atoms with Crippen LogP contribution in [-0.2, 0) is 0 Å². The lowest BCUT2D eigenvalue weighted by atomic mass is 9.95. The molecule has 2 heterocycles. The Morgan fingerprint density at radius 1 is 0.333 bits per heavy atom. The second kappa shape index (κ2) is 11.9. The molecule has 0 saturated heterocycles. The van der Waals surface area contributed by atoms with Gasteiger partial charge >= 0.3 is 0 Å². The maximum Gasteiger partial charge on any atom is 0.164 e. The standard InChI is InChI=1S/C47H29N3O/c1-3-11-30(12-4-1)32-19-24-35(25-20-32)45-48-46(36-26-21-33(22-27-36)31-13-5-2-6-14-31)50-47(49-45)40-29-37-28-23-34-15-7-8-16-38(34)42(37)44-43(40)39-17-9-10-18-41(39)51-44/h1-29H. The molecule has 8 aromatic carbocycles. The maximum atomic E-state index is 6.70. The van der Waals surface area contributed by atoms with Crippen LogP contribution < -0.4 is 0 Å². The highest BCUT2D eigenvalue weighted by atomic mass is 16.3. The zero-order valence-corrected chi connectivity index (χ0v) is 27.5. The van der Waals surface area contributed by atoms with Crippen LogP contribution in [-0.4, -0.2) is 15.0 Å². The molecule has 0 aliphatic carbocycles. The molecule has 0 radical (unpaired) electrons. The van der Waals surface area contributed by atoms with Gasteiger partial charge in [0, 0.05) is 32.8 Å². The third kappa shape index (κ3) is 5.04. The predicted molar refractivity (Wildman–Crippen MR) is 209 cm³/mol. The van der Waals surface area contributed by atoms with E-state index < -0.39 is 0 Å². The molecule has 0 bridgehead atoms. The molecule has 238 valence electrons. The first kappa shape index (κ1) is 29.0. The van der Waals surface area contributed by atoms with Gasteiger partial charge in [-0.2, -0.15) is 0 Å². The van der Waals surface area contributed by atoms with E-state index in [0.29, 0.717) is 17.5 Å². The minimum atomic E-state index is 0.598. The number of rotatable bonds is 5. The lowest BCUT2D eigenvalue weighted by Crippen LogP contribution is -2.00. The van der Waals surface area contributed by atoms with Gasteiger partial charge < -0.3 is 4.42 Å². The molecular formula is C47H29N3O. The molecule has 0 spiro atoms. The van der Waals surface area contributed by atoms with E-state index in [9.17, 15) is 0 Å². The van der Waals surface area contributed by atoms with Crippen molar-refractivity contribution in [3.8, 4) is 56.4 Å². The summed E-state index contributed by atoms with van der Waals surface area (Å²) in [5, 5.41) is 6.50. The van der Waals surface area contributed by atoms with Crippen molar-refractivity contribution < 1.29 is 4.42 Å². The summed E-state index contributed by atoms with van der Waals surface area (Å²) >= 11 is 0. The third-order valence-corrected chi connectivity index (χ3v) is 9.73. The molecule has 0 N–H and O–H groups in total. The summed E-state index contributed by atoms with van der Waals surface area (Å²) in [6, 6.07) is 60.9. The van der Waals surface area contributed by atoms with Gasteiger partial charge in [0.25, 0.3) is 0 Å². The van der Waals surface area contributed by atoms with Gasteiger partial charge in [-0.05, 0) is 50.5 Å². The molecule has 0 atom stereocenters. The van der Waals surface area contributed by atoms with Crippen LogP contribution in [0.4, 0.5) is 0 Å². The molecule has 0 unspecified atom stereocenters. The van der Waals surface area contributed by atoms with E-state index in [4.69, 9.17) is 19.4 Å². The molecule has 0 aliphatic heterocycles. The molecule has 4 nitrogen and oxygen atoms in total. The van der Waals surface area contributed by atoms with Crippen LogP contribution in [0.1, 0.15) is 0 Å². The Kier molecular flexibility index (Phi) is 6.78. The molecular weight excluding hydrogens is 623 g/mol. The summed E-state index contributed by atoms with van der Waals surface area (Å²) in [4.78, 5) is 15.5. The highest BCUT2D eigenvalue weighted by molar-refractivity contribution is 6.26. The van der Waals surface area contributed by atoms with Crippen LogP contribution in [0, 0.1) is 0 Å². The van der Waals surface area contributed by atoms with Gasteiger partial charge in [-0.15, -0.1) is 0 Å². The van der Waals surface area contributed by atoms with Gasteiger partial charge in [-0.3, -0.25) is 0 Å². The zero-order valence-electron chi connectivity index (χ0n) is 27.5. The molecule has 0 aliphatic rings. The number of furan rings is 1. The Balaban J connectivity index is 1.21. The lowest BCUT2D eigenvalue weighted by Gasteiger charge is -2.12. The average Bonchev–Trinajstić information content (AvgIpc) is 3.61. The number of hydrogen-bond donors (Lipinski definition) is 0. The molecule has 2 aromatic heterocycles. The van der Waals surface area contributed by atoms with Crippen LogP contribution in [0.15, 0.2) is 180 Å². The van der Waals surface area contributed by atoms with Crippen molar-refractivity contribution >= 4 is 43.5 Å². The quantitative estimate of drug-likeness (QED) is 0.174. The van der Waals surface area contributed by atoms with E-state index >= 15 is 0 Å². The number of nitrogens with zero attached hydrogens (tertiary/aromatic N) is 3. The van der Waals surface area contributed by atoms with Crippen molar-refractivity contribution in [3.63, 3.8) is 0 Å². The van der Waals surface area contributed by atoms with Crippen LogP contribution in [0.2, 0.25) is 0 Å². The molecule has 51 heavy (non-hydrogen) atoms. The predicted octanol–water partition coefficient (Wildman–Crippen LogP) is 12.4. The third-order valence-electron chi connectivity index (χ3n) is 9.73. The largest absolute Gasteiger partial charge is 0.455 e. The van der Waals surface area contributed by atoms with E-state index in [1.807, 2.05) is 24.3 Å². The monoisotopic (exact) mass is 651 g/mol. The van der Waals surface area contributed by atoms with Gasteiger partial charge in [-0.1, -0.05) is 164 Å². The number of para-hydroxylation sites is 1. The maximum absolute atomic E-state index is 6.70. The Hall–Kier alpha value is -6.91. The van der Waals surface area contributed by atoms with Crippen LogP contribution in [0.25, 0.3) is 99.9 Å². The summed E-state index contributed by atoms with van der Waals surface area (Å²) in [6.45, 7) is 0. The fourth-order valence-electron chi connectivity index (χ4n) is 7.19. The second-order valence-corrected chi connectivity index (χ2v) is 12.8. The molecule has 0 amide bonds. The smallest absolute Gasteiger partial charge is 0.164 e. The Labute approximate surface area is 294 Å². The van der Waals surface area contributed by atoms with E-state index in [2.05, 4.69) is 152 Å². The Bertz CT molecular complexity index is 2780. The summed E-state index contributed by atoms with van der Waals surface area (Å²) in [7, 11) is 0.